The Kier molecular flexibility index (Phi) is 3.92. The summed E-state index contributed by atoms with van der Waals surface area (Å²) < 4.78 is 18.5. The van der Waals surface area contributed by atoms with Gasteiger partial charge in [0.2, 0.25) is 5.91 Å². The zero-order valence-electron chi connectivity index (χ0n) is 12.1. The summed E-state index contributed by atoms with van der Waals surface area (Å²) >= 11 is 0. The number of hydrogen-bond donors (Lipinski definition) is 1. The van der Waals surface area contributed by atoms with Crippen molar-refractivity contribution in [3.8, 4) is 0 Å². The summed E-state index contributed by atoms with van der Waals surface area (Å²) in [5, 5.41) is 4.04. The fourth-order valence-electron chi connectivity index (χ4n) is 2.91. The third-order valence-electron chi connectivity index (χ3n) is 4.14. The molecule has 1 unspecified atom stereocenters. The number of nitrogens with zero attached hydrogens (tertiary/aromatic N) is 1. The number of carbonyl (C=O) groups excluding carboxylic acids is 1. The highest BCUT2D eigenvalue weighted by Crippen LogP contribution is 2.23. The molecule has 5 heteroatoms. The van der Waals surface area contributed by atoms with Crippen molar-refractivity contribution in [3.05, 3.63) is 35.8 Å². The van der Waals surface area contributed by atoms with Crippen molar-refractivity contribution in [2.45, 2.75) is 25.3 Å². The van der Waals surface area contributed by atoms with Crippen LogP contribution in [0.25, 0.3) is 11.0 Å². The molecule has 1 aliphatic rings. The maximum Gasteiger partial charge on any atom is 0.227 e. The molecule has 1 amide bonds. The fourth-order valence-corrected chi connectivity index (χ4v) is 2.91. The summed E-state index contributed by atoms with van der Waals surface area (Å²) in [6.07, 6.45) is 3.99. The molecule has 3 rings (SSSR count). The average Bonchev–Trinajstić information content (AvgIpc) is 2.89. The number of likely N-dealkylation sites (tertiary alicyclic amines) is 1. The van der Waals surface area contributed by atoms with Gasteiger partial charge in [-0.15, -0.1) is 0 Å². The van der Waals surface area contributed by atoms with Crippen LogP contribution in [0.5, 0.6) is 0 Å². The quantitative estimate of drug-likeness (QED) is 0.943. The Morgan fingerprint density at radius 1 is 1.52 bits per heavy atom. The molecule has 21 heavy (non-hydrogen) atoms. The smallest absolute Gasteiger partial charge is 0.227 e. The summed E-state index contributed by atoms with van der Waals surface area (Å²) in [4.78, 5) is 14.3. The van der Waals surface area contributed by atoms with Gasteiger partial charge in [0, 0.05) is 36.1 Å². The lowest BCUT2D eigenvalue weighted by atomic mass is 10.0. The zero-order valence-corrected chi connectivity index (χ0v) is 12.1. The molecule has 2 aromatic rings. The highest BCUT2D eigenvalue weighted by atomic mass is 19.1. The Morgan fingerprint density at radius 2 is 2.38 bits per heavy atom. The number of fused-ring (bicyclic) bond motifs is 1. The average molecular weight is 290 g/mol. The molecule has 0 aliphatic carbocycles. The van der Waals surface area contributed by atoms with Crippen LogP contribution in [0.4, 0.5) is 4.39 Å². The Hall–Kier alpha value is -1.88. The first-order valence-electron chi connectivity index (χ1n) is 7.28. The van der Waals surface area contributed by atoms with E-state index in [-0.39, 0.29) is 11.7 Å². The maximum atomic E-state index is 13.1. The number of nitrogens with one attached hydrogen (secondary N) is 1. The van der Waals surface area contributed by atoms with Crippen LogP contribution in [0.2, 0.25) is 0 Å². The van der Waals surface area contributed by atoms with Gasteiger partial charge in [-0.3, -0.25) is 4.79 Å². The highest BCUT2D eigenvalue weighted by molar-refractivity contribution is 5.87. The van der Waals surface area contributed by atoms with Crippen LogP contribution in [0.1, 0.15) is 18.4 Å². The first-order valence-corrected chi connectivity index (χ1v) is 7.28. The molecule has 1 aliphatic heterocycles. The van der Waals surface area contributed by atoms with E-state index in [0.717, 1.165) is 36.9 Å². The highest BCUT2D eigenvalue weighted by Gasteiger charge is 2.23. The van der Waals surface area contributed by atoms with Crippen molar-refractivity contribution < 1.29 is 13.6 Å². The molecule has 0 radical (unpaired) electrons. The molecule has 1 aromatic heterocycles. The maximum absolute atomic E-state index is 13.1. The van der Waals surface area contributed by atoms with Gasteiger partial charge in [-0.2, -0.15) is 0 Å². The number of piperidine rings is 1. The standard InChI is InChI=1S/C16H19FN2O2/c1-18-13-3-2-6-19(9-13)16(20)7-11-10-21-15-8-12(17)4-5-14(11)15/h4-5,8,10,13,18H,2-3,6-7,9H2,1H3. The van der Waals surface area contributed by atoms with E-state index in [4.69, 9.17) is 4.42 Å². The number of hydrogen-bond acceptors (Lipinski definition) is 3. The van der Waals surface area contributed by atoms with Gasteiger partial charge in [-0.1, -0.05) is 0 Å². The molecule has 1 aromatic carbocycles. The molecule has 0 saturated carbocycles. The first kappa shape index (κ1) is 14.1. The number of rotatable bonds is 3. The Balaban J connectivity index is 1.74. The van der Waals surface area contributed by atoms with Crippen LogP contribution >= 0.6 is 0 Å². The summed E-state index contributed by atoms with van der Waals surface area (Å²) in [5.41, 5.74) is 1.31. The van der Waals surface area contributed by atoms with Crippen LogP contribution in [-0.2, 0) is 11.2 Å². The van der Waals surface area contributed by atoms with Gasteiger partial charge in [0.1, 0.15) is 11.4 Å². The summed E-state index contributed by atoms with van der Waals surface area (Å²) in [6, 6.07) is 4.78. The minimum absolute atomic E-state index is 0.0991. The van der Waals surface area contributed by atoms with Gasteiger partial charge in [0.15, 0.2) is 0 Å². The van der Waals surface area contributed by atoms with E-state index in [2.05, 4.69) is 5.32 Å². The van der Waals surface area contributed by atoms with E-state index >= 15 is 0 Å². The fraction of sp³-hybridized carbons (Fsp3) is 0.438. The molecule has 0 bridgehead atoms. The van der Waals surface area contributed by atoms with E-state index in [9.17, 15) is 9.18 Å². The normalized spacial score (nSPS) is 19.1. The molecule has 4 nitrogen and oxygen atoms in total. The van der Waals surface area contributed by atoms with Crippen molar-refractivity contribution >= 4 is 16.9 Å². The number of amides is 1. The number of carbonyl (C=O) groups is 1. The topological polar surface area (TPSA) is 45.5 Å². The van der Waals surface area contributed by atoms with Gasteiger partial charge in [-0.05, 0) is 32.0 Å². The van der Waals surface area contributed by atoms with Gasteiger partial charge in [0.05, 0.1) is 12.7 Å². The van der Waals surface area contributed by atoms with Crippen LogP contribution in [0, 0.1) is 5.82 Å². The predicted octanol–water partition coefficient (Wildman–Crippen LogP) is 2.32. The van der Waals surface area contributed by atoms with Gasteiger partial charge in [0.25, 0.3) is 0 Å². The first-order chi connectivity index (χ1) is 10.2. The van der Waals surface area contributed by atoms with Crippen LogP contribution in [-0.4, -0.2) is 37.0 Å². The number of likely N-dealkylation sites (N-methyl/N-ethyl adjacent to an activating group) is 1. The lowest BCUT2D eigenvalue weighted by Crippen LogP contribution is -2.47. The third kappa shape index (κ3) is 2.93. The number of benzene rings is 1. The second-order valence-electron chi connectivity index (χ2n) is 5.55. The Labute approximate surface area is 122 Å². The molecule has 112 valence electrons. The second kappa shape index (κ2) is 5.85. The lowest BCUT2D eigenvalue weighted by Gasteiger charge is -2.32. The van der Waals surface area contributed by atoms with Gasteiger partial charge < -0.3 is 14.6 Å². The van der Waals surface area contributed by atoms with E-state index < -0.39 is 0 Å². The largest absolute Gasteiger partial charge is 0.464 e. The second-order valence-corrected chi connectivity index (χ2v) is 5.55. The van der Waals surface area contributed by atoms with Crippen LogP contribution < -0.4 is 5.32 Å². The molecular formula is C16H19FN2O2. The summed E-state index contributed by atoms with van der Waals surface area (Å²) in [5.74, 6) is -0.232. The lowest BCUT2D eigenvalue weighted by molar-refractivity contribution is -0.131. The number of furan rings is 1. The molecule has 1 saturated heterocycles. The van der Waals surface area contributed by atoms with Crippen molar-refractivity contribution in [1.29, 1.82) is 0 Å². The number of halogens is 1. The van der Waals surface area contributed by atoms with E-state index in [0.29, 0.717) is 18.0 Å². The summed E-state index contributed by atoms with van der Waals surface area (Å²) in [6.45, 7) is 1.56. The van der Waals surface area contributed by atoms with Crippen molar-refractivity contribution in [2.75, 3.05) is 20.1 Å². The Morgan fingerprint density at radius 3 is 3.19 bits per heavy atom. The van der Waals surface area contributed by atoms with Crippen molar-refractivity contribution in [2.24, 2.45) is 0 Å². The van der Waals surface area contributed by atoms with E-state index in [1.165, 1.54) is 12.1 Å². The summed E-state index contributed by atoms with van der Waals surface area (Å²) in [7, 11) is 1.93. The van der Waals surface area contributed by atoms with E-state index in [1.54, 1.807) is 12.3 Å². The minimum Gasteiger partial charge on any atom is -0.464 e. The molecular weight excluding hydrogens is 271 g/mol. The SMILES string of the molecule is CNC1CCCN(C(=O)Cc2coc3cc(F)ccc23)C1. The van der Waals surface area contributed by atoms with Gasteiger partial charge in [-0.25, -0.2) is 4.39 Å². The minimum atomic E-state index is -0.331. The van der Waals surface area contributed by atoms with Crippen molar-refractivity contribution in [1.82, 2.24) is 10.2 Å². The molecule has 2 heterocycles. The third-order valence-corrected chi connectivity index (χ3v) is 4.14. The molecule has 1 atom stereocenters. The van der Waals surface area contributed by atoms with Crippen molar-refractivity contribution in [3.63, 3.8) is 0 Å². The predicted molar refractivity (Wildman–Crippen MR) is 78.5 cm³/mol. The Bertz CT molecular complexity index is 653. The molecule has 1 N–H and O–H groups in total. The van der Waals surface area contributed by atoms with Crippen LogP contribution in [0.3, 0.4) is 0 Å². The van der Waals surface area contributed by atoms with Crippen LogP contribution in [0.15, 0.2) is 28.9 Å². The zero-order chi connectivity index (χ0) is 14.8. The molecule has 0 spiro atoms. The van der Waals surface area contributed by atoms with E-state index in [1.807, 2.05) is 11.9 Å². The molecule has 1 fully saturated rings. The van der Waals surface area contributed by atoms with Gasteiger partial charge >= 0.3 is 0 Å². The monoisotopic (exact) mass is 290 g/mol.